The lowest BCUT2D eigenvalue weighted by atomic mass is 10.1. The van der Waals surface area contributed by atoms with E-state index in [0.29, 0.717) is 19.6 Å². The molecule has 2 N–H and O–H groups in total. The molecule has 0 atom stereocenters. The molecule has 8 nitrogen and oxygen atoms in total. The van der Waals surface area contributed by atoms with Crippen LogP contribution in [0.25, 0.3) is 0 Å². The lowest BCUT2D eigenvalue weighted by Gasteiger charge is -2.11. The summed E-state index contributed by atoms with van der Waals surface area (Å²) in [7, 11) is 1.86. The maximum absolute atomic E-state index is 11.8. The third-order valence-electron chi connectivity index (χ3n) is 4.26. The van der Waals surface area contributed by atoms with Gasteiger partial charge in [-0.1, -0.05) is 30.3 Å². The first-order chi connectivity index (χ1) is 13.7. The average Bonchev–Trinajstić information content (AvgIpc) is 3.12. The van der Waals surface area contributed by atoms with E-state index in [-0.39, 0.29) is 5.56 Å². The van der Waals surface area contributed by atoms with Gasteiger partial charge in [0.15, 0.2) is 5.96 Å². The number of guanidine groups is 1. The maximum atomic E-state index is 11.8. The van der Waals surface area contributed by atoms with Gasteiger partial charge in [-0.3, -0.25) is 9.48 Å². The third kappa shape index (κ3) is 5.29. The van der Waals surface area contributed by atoms with Crippen molar-refractivity contribution in [1.29, 1.82) is 0 Å². The van der Waals surface area contributed by atoms with Crippen molar-refractivity contribution in [3.63, 3.8) is 0 Å². The number of benzene rings is 1. The maximum Gasteiger partial charge on any atom is 0.250 e. The molecule has 0 aliphatic heterocycles. The van der Waals surface area contributed by atoms with Crippen LogP contribution in [0.15, 0.2) is 64.8 Å². The quantitative estimate of drug-likeness (QED) is 0.477. The fourth-order valence-electron chi connectivity index (χ4n) is 2.69. The second-order valence-electron chi connectivity index (χ2n) is 6.33. The SMILES string of the molecule is CCNC(=NCc1ccc(Cn2ccccc2=O)cc1)NCc1ncnn1C. The van der Waals surface area contributed by atoms with Crippen molar-refractivity contribution in [2.75, 3.05) is 6.54 Å². The first-order valence-electron chi connectivity index (χ1n) is 9.24. The zero-order valence-electron chi connectivity index (χ0n) is 16.2. The Hall–Kier alpha value is -3.42. The molecular formula is C20H25N7O. The van der Waals surface area contributed by atoms with Crippen LogP contribution in [0.2, 0.25) is 0 Å². The Labute approximate surface area is 164 Å². The number of nitrogens with zero attached hydrogens (tertiary/aromatic N) is 5. The van der Waals surface area contributed by atoms with Gasteiger partial charge in [0.2, 0.25) is 0 Å². The number of rotatable bonds is 7. The van der Waals surface area contributed by atoms with Gasteiger partial charge in [0.25, 0.3) is 5.56 Å². The van der Waals surface area contributed by atoms with Crippen LogP contribution in [0.4, 0.5) is 0 Å². The second-order valence-corrected chi connectivity index (χ2v) is 6.33. The fourth-order valence-corrected chi connectivity index (χ4v) is 2.69. The number of aryl methyl sites for hydroxylation is 1. The number of nitrogens with one attached hydrogen (secondary N) is 2. The third-order valence-corrected chi connectivity index (χ3v) is 4.26. The fraction of sp³-hybridized carbons (Fsp3) is 0.300. The van der Waals surface area contributed by atoms with Crippen LogP contribution in [0.3, 0.4) is 0 Å². The Balaban J connectivity index is 1.60. The summed E-state index contributed by atoms with van der Waals surface area (Å²) < 4.78 is 3.42. The highest BCUT2D eigenvalue weighted by Gasteiger charge is 2.03. The molecule has 0 bridgehead atoms. The van der Waals surface area contributed by atoms with Crippen molar-refractivity contribution >= 4 is 5.96 Å². The molecule has 0 spiro atoms. The van der Waals surface area contributed by atoms with Gasteiger partial charge in [-0.2, -0.15) is 5.10 Å². The van der Waals surface area contributed by atoms with Crippen molar-refractivity contribution < 1.29 is 0 Å². The number of aliphatic imine (C=N–C) groups is 1. The van der Waals surface area contributed by atoms with Gasteiger partial charge < -0.3 is 15.2 Å². The van der Waals surface area contributed by atoms with Gasteiger partial charge >= 0.3 is 0 Å². The predicted molar refractivity (Wildman–Crippen MR) is 109 cm³/mol. The van der Waals surface area contributed by atoms with Gasteiger partial charge in [-0.05, 0) is 24.1 Å². The van der Waals surface area contributed by atoms with Crippen LogP contribution < -0.4 is 16.2 Å². The minimum absolute atomic E-state index is 0.000412. The smallest absolute Gasteiger partial charge is 0.250 e. The average molecular weight is 379 g/mol. The van der Waals surface area contributed by atoms with Crippen molar-refractivity contribution in [2.24, 2.45) is 12.0 Å². The van der Waals surface area contributed by atoms with Gasteiger partial charge in [-0.25, -0.2) is 9.98 Å². The normalized spacial score (nSPS) is 11.4. The molecule has 2 heterocycles. The first-order valence-corrected chi connectivity index (χ1v) is 9.24. The summed E-state index contributed by atoms with van der Waals surface area (Å²) in [6, 6.07) is 13.3. The Kier molecular flexibility index (Phi) is 6.56. The number of hydrogen-bond donors (Lipinski definition) is 2. The van der Waals surface area contributed by atoms with Crippen LogP contribution in [0.5, 0.6) is 0 Å². The van der Waals surface area contributed by atoms with E-state index < -0.39 is 0 Å². The van der Waals surface area contributed by atoms with Crippen LogP contribution in [0.1, 0.15) is 23.9 Å². The van der Waals surface area contributed by atoms with E-state index >= 15 is 0 Å². The summed E-state index contributed by atoms with van der Waals surface area (Å²) in [5.74, 6) is 1.57. The molecule has 2 aromatic heterocycles. The van der Waals surface area contributed by atoms with Gasteiger partial charge in [0, 0.05) is 25.9 Å². The van der Waals surface area contributed by atoms with Gasteiger partial charge in [0.05, 0.1) is 19.6 Å². The largest absolute Gasteiger partial charge is 0.357 e. The number of pyridine rings is 1. The standard InChI is InChI=1S/C20H25N7O/c1-3-21-20(23-13-18-24-15-25-26(18)2)22-12-16-7-9-17(10-8-16)14-27-11-5-4-6-19(27)28/h4-11,15H,3,12-14H2,1-2H3,(H2,21,22,23). The molecule has 0 unspecified atom stereocenters. The van der Waals surface area contributed by atoms with E-state index in [0.717, 1.165) is 29.5 Å². The molecule has 8 heteroatoms. The summed E-state index contributed by atoms with van der Waals surface area (Å²) in [6.07, 6.45) is 3.33. The van der Waals surface area contributed by atoms with Crippen molar-refractivity contribution in [1.82, 2.24) is 30.0 Å². The molecular weight excluding hydrogens is 354 g/mol. The molecule has 146 valence electrons. The van der Waals surface area contributed by atoms with Crippen LogP contribution in [0, 0.1) is 0 Å². The van der Waals surface area contributed by atoms with Crippen LogP contribution >= 0.6 is 0 Å². The molecule has 1 aromatic carbocycles. The zero-order valence-corrected chi connectivity index (χ0v) is 16.2. The lowest BCUT2D eigenvalue weighted by molar-refractivity contribution is 0.673. The molecule has 0 aliphatic carbocycles. The molecule has 3 rings (SSSR count). The zero-order chi connectivity index (χ0) is 19.8. The molecule has 28 heavy (non-hydrogen) atoms. The minimum Gasteiger partial charge on any atom is -0.357 e. The second kappa shape index (κ2) is 9.50. The Morgan fingerprint density at radius 2 is 1.89 bits per heavy atom. The van der Waals surface area contributed by atoms with E-state index in [1.54, 1.807) is 27.6 Å². The van der Waals surface area contributed by atoms with E-state index in [1.165, 1.54) is 6.33 Å². The van der Waals surface area contributed by atoms with Crippen molar-refractivity contribution in [2.45, 2.75) is 26.6 Å². The molecule has 0 saturated carbocycles. The molecule has 3 aromatic rings. The number of aromatic nitrogens is 4. The van der Waals surface area contributed by atoms with Crippen LogP contribution in [-0.4, -0.2) is 31.8 Å². The molecule has 0 amide bonds. The molecule has 0 fully saturated rings. The molecule has 0 saturated heterocycles. The summed E-state index contributed by atoms with van der Waals surface area (Å²) >= 11 is 0. The first kappa shape index (κ1) is 19.3. The van der Waals surface area contributed by atoms with Crippen LogP contribution in [-0.2, 0) is 26.7 Å². The Bertz CT molecular complexity index is 972. The molecule has 0 aliphatic rings. The number of hydrogen-bond acceptors (Lipinski definition) is 4. The highest BCUT2D eigenvalue weighted by Crippen LogP contribution is 2.07. The highest BCUT2D eigenvalue weighted by molar-refractivity contribution is 5.79. The predicted octanol–water partition coefficient (Wildman–Crippen LogP) is 1.28. The van der Waals surface area contributed by atoms with E-state index in [2.05, 4.69) is 25.7 Å². The summed E-state index contributed by atoms with van der Waals surface area (Å²) in [6.45, 7) is 4.47. The molecule has 0 radical (unpaired) electrons. The van der Waals surface area contributed by atoms with E-state index in [1.807, 2.05) is 44.3 Å². The van der Waals surface area contributed by atoms with E-state index in [4.69, 9.17) is 0 Å². The van der Waals surface area contributed by atoms with Crippen molar-refractivity contribution in [3.8, 4) is 0 Å². The lowest BCUT2D eigenvalue weighted by Crippen LogP contribution is -2.37. The highest BCUT2D eigenvalue weighted by atomic mass is 16.1. The Morgan fingerprint density at radius 3 is 2.57 bits per heavy atom. The minimum atomic E-state index is 0.000412. The summed E-state index contributed by atoms with van der Waals surface area (Å²) in [5.41, 5.74) is 2.17. The van der Waals surface area contributed by atoms with Crippen molar-refractivity contribution in [3.05, 3.63) is 82.3 Å². The topological polar surface area (TPSA) is 89.1 Å². The monoisotopic (exact) mass is 379 g/mol. The summed E-state index contributed by atoms with van der Waals surface area (Å²) in [4.78, 5) is 20.6. The Morgan fingerprint density at radius 1 is 1.11 bits per heavy atom. The summed E-state index contributed by atoms with van der Waals surface area (Å²) in [5, 5.41) is 10.6. The van der Waals surface area contributed by atoms with E-state index in [9.17, 15) is 4.79 Å². The van der Waals surface area contributed by atoms with Gasteiger partial charge in [-0.15, -0.1) is 0 Å². The van der Waals surface area contributed by atoms with Gasteiger partial charge in [0.1, 0.15) is 12.2 Å².